The second kappa shape index (κ2) is 8.81. The molecule has 1 atom stereocenters. The van der Waals surface area contributed by atoms with E-state index in [1.807, 2.05) is 70.4 Å². The minimum absolute atomic E-state index is 0.555. The Hall–Kier alpha value is -1.40. The zero-order chi connectivity index (χ0) is 17.6. The van der Waals surface area contributed by atoms with Crippen molar-refractivity contribution in [1.29, 1.82) is 0 Å². The van der Waals surface area contributed by atoms with Gasteiger partial charge in [-0.2, -0.15) is 11.3 Å². The molecule has 0 N–H and O–H groups in total. The van der Waals surface area contributed by atoms with Crippen LogP contribution in [0.4, 0.5) is 5.69 Å². The lowest BCUT2D eigenvalue weighted by Gasteiger charge is -2.21. The summed E-state index contributed by atoms with van der Waals surface area (Å²) >= 11 is 11.2. The van der Waals surface area contributed by atoms with Crippen molar-refractivity contribution in [3.05, 3.63) is 91.4 Å². The van der Waals surface area contributed by atoms with Gasteiger partial charge in [-0.1, -0.05) is 45.7 Å². The first-order chi connectivity index (χ1) is 12.1. The van der Waals surface area contributed by atoms with Crippen LogP contribution in [0.1, 0.15) is 11.1 Å². The largest absolute Gasteiger partial charge is 0.284 e. The summed E-state index contributed by atoms with van der Waals surface area (Å²) < 4.78 is 15.8. The second-order valence-corrected chi connectivity index (χ2v) is 8.68. The fraction of sp³-hybridized carbons (Fsp3) is 0.0526. The minimum Gasteiger partial charge on any atom is -0.284 e. The normalized spacial score (nSPS) is 12.4. The predicted octanol–water partition coefficient (Wildman–Crippen LogP) is 6.51. The highest BCUT2D eigenvalue weighted by molar-refractivity contribution is 9.10. The summed E-state index contributed by atoms with van der Waals surface area (Å²) in [6.45, 7) is 0.555. The summed E-state index contributed by atoms with van der Waals surface area (Å²) in [6.07, 6.45) is 1.87. The molecule has 2 aromatic carbocycles. The Kier molecular flexibility index (Phi) is 6.48. The van der Waals surface area contributed by atoms with Crippen molar-refractivity contribution < 1.29 is 4.21 Å². The van der Waals surface area contributed by atoms with Crippen LogP contribution in [0.2, 0.25) is 5.02 Å². The second-order valence-electron chi connectivity index (χ2n) is 5.28. The summed E-state index contributed by atoms with van der Waals surface area (Å²) in [7, 11) is -1.33. The van der Waals surface area contributed by atoms with E-state index in [1.165, 1.54) is 0 Å². The molecule has 1 unspecified atom stereocenters. The van der Waals surface area contributed by atoms with Crippen LogP contribution in [0.3, 0.4) is 0 Å². The zero-order valence-corrected chi connectivity index (χ0v) is 17.1. The van der Waals surface area contributed by atoms with Crippen LogP contribution in [0, 0.1) is 0 Å². The third kappa shape index (κ3) is 5.28. The number of rotatable bonds is 6. The molecule has 0 aliphatic carbocycles. The molecule has 1 aromatic heterocycles. The van der Waals surface area contributed by atoms with Gasteiger partial charge >= 0.3 is 0 Å². The Labute approximate surface area is 167 Å². The molecule has 25 heavy (non-hydrogen) atoms. The Balaban J connectivity index is 1.86. The first-order valence-corrected chi connectivity index (χ1v) is 10.8. The highest BCUT2D eigenvalue weighted by atomic mass is 79.9. The van der Waals surface area contributed by atoms with E-state index in [1.54, 1.807) is 16.7 Å². The van der Waals surface area contributed by atoms with Crippen molar-refractivity contribution in [2.45, 2.75) is 6.54 Å². The number of thiophene rings is 1. The molecule has 0 aliphatic heterocycles. The number of anilines is 1. The molecule has 3 rings (SSSR count). The van der Waals surface area contributed by atoms with Crippen molar-refractivity contribution in [3.8, 4) is 0 Å². The smallest absolute Gasteiger partial charge is 0.145 e. The third-order valence-electron chi connectivity index (χ3n) is 3.45. The summed E-state index contributed by atoms with van der Waals surface area (Å²) in [5, 5.41) is 6.41. The van der Waals surface area contributed by atoms with Crippen molar-refractivity contribution in [2.75, 3.05) is 4.31 Å². The average Bonchev–Trinajstić information content (AvgIpc) is 3.11. The van der Waals surface area contributed by atoms with Gasteiger partial charge in [0, 0.05) is 14.9 Å². The molecule has 0 fully saturated rings. The van der Waals surface area contributed by atoms with Gasteiger partial charge in [0.25, 0.3) is 0 Å². The molecule has 0 saturated heterocycles. The molecule has 0 spiro atoms. The lowest BCUT2D eigenvalue weighted by atomic mass is 10.2. The SMILES string of the molecule is O=S(/C=C/c1cccc(Br)c1)N(Cc1ccsc1)c1cccc(Cl)c1. The Morgan fingerprint density at radius 3 is 2.72 bits per heavy atom. The predicted molar refractivity (Wildman–Crippen MR) is 113 cm³/mol. The quantitative estimate of drug-likeness (QED) is 0.418. The Morgan fingerprint density at radius 2 is 2.00 bits per heavy atom. The van der Waals surface area contributed by atoms with E-state index in [4.69, 9.17) is 11.6 Å². The monoisotopic (exact) mass is 451 g/mol. The maximum atomic E-state index is 12.9. The standard InChI is InChI=1S/C19H15BrClNOS2/c20-17-4-1-3-15(11-17)8-10-25(23)22(13-16-7-9-24-14-16)19-6-2-5-18(21)12-19/h1-12,14H,13H2/b10-8+. The van der Waals surface area contributed by atoms with E-state index in [2.05, 4.69) is 21.3 Å². The molecule has 0 saturated carbocycles. The van der Waals surface area contributed by atoms with Crippen LogP contribution < -0.4 is 4.31 Å². The molecule has 0 bridgehead atoms. The molecule has 2 nitrogen and oxygen atoms in total. The van der Waals surface area contributed by atoms with Crippen LogP contribution in [0.15, 0.2) is 75.2 Å². The van der Waals surface area contributed by atoms with Crippen molar-refractivity contribution in [2.24, 2.45) is 0 Å². The average molecular weight is 453 g/mol. The van der Waals surface area contributed by atoms with Crippen molar-refractivity contribution >= 4 is 61.6 Å². The Morgan fingerprint density at radius 1 is 1.16 bits per heavy atom. The van der Waals surface area contributed by atoms with E-state index < -0.39 is 11.0 Å². The molecule has 0 aliphatic rings. The highest BCUT2D eigenvalue weighted by Gasteiger charge is 2.13. The van der Waals surface area contributed by atoms with Crippen LogP contribution in [-0.2, 0) is 17.5 Å². The maximum Gasteiger partial charge on any atom is 0.145 e. The van der Waals surface area contributed by atoms with Gasteiger partial charge in [0.2, 0.25) is 0 Å². The molecular formula is C19H15BrClNOS2. The van der Waals surface area contributed by atoms with Crippen LogP contribution in [-0.4, -0.2) is 4.21 Å². The molecular weight excluding hydrogens is 438 g/mol. The molecule has 0 amide bonds. The first-order valence-electron chi connectivity index (χ1n) is 7.50. The topological polar surface area (TPSA) is 20.3 Å². The van der Waals surface area contributed by atoms with Gasteiger partial charge in [-0.05, 0) is 64.4 Å². The Bertz CT molecular complexity index is 896. The number of benzene rings is 2. The molecule has 6 heteroatoms. The fourth-order valence-corrected chi connectivity index (χ4v) is 4.54. The van der Waals surface area contributed by atoms with E-state index in [9.17, 15) is 4.21 Å². The number of hydrogen-bond donors (Lipinski definition) is 0. The highest BCUT2D eigenvalue weighted by Crippen LogP contribution is 2.24. The summed E-state index contributed by atoms with van der Waals surface area (Å²) in [5.74, 6) is 0. The number of halogens is 2. The zero-order valence-electron chi connectivity index (χ0n) is 13.1. The molecule has 128 valence electrons. The fourth-order valence-electron chi connectivity index (χ4n) is 2.26. The van der Waals surface area contributed by atoms with Crippen molar-refractivity contribution in [3.63, 3.8) is 0 Å². The lowest BCUT2D eigenvalue weighted by Crippen LogP contribution is -2.23. The van der Waals surface area contributed by atoms with Gasteiger partial charge in [0.1, 0.15) is 11.0 Å². The number of hydrogen-bond acceptors (Lipinski definition) is 2. The summed E-state index contributed by atoms with van der Waals surface area (Å²) in [6, 6.07) is 17.3. The van der Waals surface area contributed by atoms with Crippen LogP contribution >= 0.6 is 38.9 Å². The van der Waals surface area contributed by atoms with Crippen molar-refractivity contribution in [1.82, 2.24) is 0 Å². The first kappa shape index (κ1) is 18.4. The summed E-state index contributed by atoms with van der Waals surface area (Å²) in [5.41, 5.74) is 2.94. The molecule has 3 aromatic rings. The maximum absolute atomic E-state index is 12.9. The van der Waals surface area contributed by atoms with E-state index in [0.717, 1.165) is 21.3 Å². The van der Waals surface area contributed by atoms with Gasteiger partial charge < -0.3 is 0 Å². The van der Waals surface area contributed by atoms with Gasteiger partial charge in [0.05, 0.1) is 12.2 Å². The summed E-state index contributed by atoms with van der Waals surface area (Å²) in [4.78, 5) is 0. The van der Waals surface area contributed by atoms with Gasteiger partial charge in [-0.15, -0.1) is 0 Å². The third-order valence-corrected chi connectivity index (χ3v) is 6.05. The van der Waals surface area contributed by atoms with Gasteiger partial charge in [-0.3, -0.25) is 4.31 Å². The van der Waals surface area contributed by atoms with Crippen LogP contribution in [0.5, 0.6) is 0 Å². The van der Waals surface area contributed by atoms with Crippen LogP contribution in [0.25, 0.3) is 6.08 Å². The van der Waals surface area contributed by atoms with Gasteiger partial charge in [0.15, 0.2) is 0 Å². The van der Waals surface area contributed by atoms with E-state index in [0.29, 0.717) is 11.6 Å². The van der Waals surface area contributed by atoms with E-state index >= 15 is 0 Å². The lowest BCUT2D eigenvalue weighted by molar-refractivity contribution is 0.684. The minimum atomic E-state index is -1.33. The molecule has 1 heterocycles. The number of nitrogens with zero attached hydrogens (tertiary/aromatic N) is 1. The van der Waals surface area contributed by atoms with Gasteiger partial charge in [-0.25, -0.2) is 4.21 Å². The van der Waals surface area contributed by atoms with E-state index in [-0.39, 0.29) is 0 Å². The molecule has 0 radical (unpaired) electrons.